The van der Waals surface area contributed by atoms with Gasteiger partial charge in [0.05, 0.1) is 11.4 Å². The van der Waals surface area contributed by atoms with Crippen molar-refractivity contribution in [2.75, 3.05) is 9.80 Å². The molecule has 0 radical (unpaired) electrons. The van der Waals surface area contributed by atoms with E-state index >= 15 is 0 Å². The maximum atomic E-state index is 2.77. The molecule has 0 bridgehead atoms. The molecule has 0 unspecified atom stereocenters. The quantitative estimate of drug-likeness (QED) is 0.0995. The van der Waals surface area contributed by atoms with Crippen molar-refractivity contribution < 1.29 is 0 Å². The van der Waals surface area contributed by atoms with Crippen LogP contribution in [0.4, 0.5) is 34.1 Å². The lowest BCUT2D eigenvalue weighted by Crippen LogP contribution is -2.61. The lowest BCUT2D eigenvalue weighted by atomic mass is 9.33. The monoisotopic (exact) mass is 1560 g/mol. The number of benzene rings is 19. The summed E-state index contributed by atoms with van der Waals surface area (Å²) in [6.45, 7) is 35.4. The van der Waals surface area contributed by atoms with Crippen LogP contribution in [0.1, 0.15) is 132 Å². The van der Waals surface area contributed by atoms with Gasteiger partial charge in [0.1, 0.15) is 0 Å². The van der Waals surface area contributed by atoms with E-state index in [9.17, 15) is 0 Å². The summed E-state index contributed by atoms with van der Waals surface area (Å²) in [6.07, 6.45) is 0. The number of anilines is 6. The molecule has 0 aromatic heterocycles. The average Bonchev–Trinajstić information content (AvgIpc) is 0.685. The van der Waals surface area contributed by atoms with E-state index in [0.29, 0.717) is 0 Å². The van der Waals surface area contributed by atoms with Crippen LogP contribution in [0.3, 0.4) is 0 Å². The largest absolute Gasteiger partial charge is 0.310 e. The van der Waals surface area contributed by atoms with Gasteiger partial charge < -0.3 is 9.80 Å². The Hall–Kier alpha value is -13.1. The molecule has 21 rings (SSSR count). The molecule has 0 spiro atoms. The van der Waals surface area contributed by atoms with Crippen LogP contribution in [-0.2, 0) is 27.1 Å². The summed E-state index contributed by atoms with van der Waals surface area (Å²) < 4.78 is 0. The topological polar surface area (TPSA) is 6.48 Å². The predicted octanol–water partition coefficient (Wildman–Crippen LogP) is 31.4. The Morgan fingerprint density at radius 2 is 0.455 bits per heavy atom. The molecular weight excluding hydrogens is 1460 g/mol. The molecule has 2 heterocycles. The van der Waals surface area contributed by atoms with Crippen molar-refractivity contribution in [2.24, 2.45) is 0 Å². The fourth-order valence-corrected chi connectivity index (χ4v) is 20.0. The highest BCUT2D eigenvalue weighted by Crippen LogP contribution is 2.58. The van der Waals surface area contributed by atoms with Gasteiger partial charge in [0, 0.05) is 45.0 Å². The van der Waals surface area contributed by atoms with Gasteiger partial charge in [-0.25, -0.2) is 0 Å². The summed E-state index contributed by atoms with van der Waals surface area (Å²) >= 11 is 0. The van der Waals surface area contributed by atoms with E-state index in [1.165, 1.54) is 131 Å². The van der Waals surface area contributed by atoms with Crippen molar-refractivity contribution in [2.45, 2.75) is 131 Å². The highest BCUT2D eigenvalue weighted by molar-refractivity contribution is 7.00. The van der Waals surface area contributed by atoms with Gasteiger partial charge >= 0.3 is 0 Å². The summed E-state index contributed by atoms with van der Waals surface area (Å²) in [7, 11) is 0. The second-order valence-corrected chi connectivity index (χ2v) is 39.7. The van der Waals surface area contributed by atoms with Gasteiger partial charge in [-0.1, -0.05) is 371 Å². The fourth-order valence-electron chi connectivity index (χ4n) is 20.0. The number of rotatable bonds is 10. The van der Waals surface area contributed by atoms with Gasteiger partial charge in [-0.2, -0.15) is 0 Å². The van der Waals surface area contributed by atoms with Gasteiger partial charge in [-0.15, -0.1) is 0 Å². The highest BCUT2D eigenvalue weighted by atomic mass is 15.2. The Morgan fingerprint density at radius 1 is 0.190 bits per heavy atom. The molecule has 2 aliphatic heterocycles. The normalized spacial score (nSPS) is 13.2. The maximum absolute atomic E-state index is 2.77. The summed E-state index contributed by atoms with van der Waals surface area (Å²) in [4.78, 5) is 5.55. The van der Waals surface area contributed by atoms with Crippen molar-refractivity contribution in [3.63, 3.8) is 0 Å². The molecule has 19 aromatic carbocycles. The smallest absolute Gasteiger partial charge is 0.252 e. The standard InChI is InChI=1S/C118H101BN2/c1-114(2,3)88-54-80-46-48-82-56-90(116(7,8)9)68-99-93(64-86(58-88)107(80)109(82)99)78-50-52-101-103(66-78)120(112-95(74-38-26-18-27-39-74)60-84(72-34-22-16-23-35-72)61-96(112)75-40-28-19-29-41-75)105-70-92(118(13,14)15)71-106-111(105)119(101)102-53-51-79(94-65-87-59-89(115(4,5)6)55-81-47-49-83-57-91(117(10,11)12)69-100(94)110(83)108(81)87)67-104(102)121(106)113-97(76-42-30-20-31-43-76)62-85(73-36-24-17-25-37-73)63-98(113)77-44-32-21-33-45-77/h16-71H,1-15H3. The second-order valence-electron chi connectivity index (χ2n) is 39.7. The van der Waals surface area contributed by atoms with Crippen LogP contribution in [0.5, 0.6) is 0 Å². The van der Waals surface area contributed by atoms with E-state index in [1.807, 2.05) is 0 Å². The fraction of sp³-hybridized carbons (Fsp3) is 0.169. The zero-order valence-corrected chi connectivity index (χ0v) is 72.3. The highest BCUT2D eigenvalue weighted by Gasteiger charge is 2.47. The molecule has 0 N–H and O–H groups in total. The van der Waals surface area contributed by atoms with Crippen LogP contribution in [0.2, 0.25) is 0 Å². The molecule has 0 saturated carbocycles. The van der Waals surface area contributed by atoms with Crippen LogP contribution >= 0.6 is 0 Å². The van der Waals surface area contributed by atoms with Crippen molar-refractivity contribution in [3.8, 4) is 89.0 Å². The molecule has 3 heteroatoms. The van der Waals surface area contributed by atoms with Gasteiger partial charge in [-0.3, -0.25) is 0 Å². The molecule has 2 aliphatic rings. The molecule has 121 heavy (non-hydrogen) atoms. The maximum Gasteiger partial charge on any atom is 0.252 e. The Kier molecular flexibility index (Phi) is 17.3. The van der Waals surface area contributed by atoms with Crippen LogP contribution in [-0.4, -0.2) is 6.71 Å². The van der Waals surface area contributed by atoms with Crippen molar-refractivity contribution in [1.29, 1.82) is 0 Å². The van der Waals surface area contributed by atoms with Crippen LogP contribution < -0.4 is 26.2 Å². The van der Waals surface area contributed by atoms with Gasteiger partial charge in [0.15, 0.2) is 0 Å². The minimum Gasteiger partial charge on any atom is -0.310 e. The van der Waals surface area contributed by atoms with Gasteiger partial charge in [0.25, 0.3) is 6.71 Å². The van der Waals surface area contributed by atoms with Crippen molar-refractivity contribution in [3.05, 3.63) is 368 Å². The van der Waals surface area contributed by atoms with E-state index in [4.69, 9.17) is 0 Å². The number of hydrogen-bond donors (Lipinski definition) is 0. The molecule has 586 valence electrons. The van der Waals surface area contributed by atoms with E-state index in [1.54, 1.807) is 0 Å². The minimum atomic E-state index is -0.376. The molecule has 0 aliphatic carbocycles. The lowest BCUT2D eigenvalue weighted by molar-refractivity contribution is 0.590. The molecule has 0 saturated heterocycles. The Morgan fingerprint density at radius 3 is 0.752 bits per heavy atom. The summed E-state index contributed by atoms with van der Waals surface area (Å²) in [5.41, 5.74) is 34.8. The first-order chi connectivity index (χ1) is 58.1. The van der Waals surface area contributed by atoms with E-state index in [2.05, 4.69) is 453 Å². The third-order valence-electron chi connectivity index (χ3n) is 26.5. The predicted molar refractivity (Wildman–Crippen MR) is 525 cm³/mol. The Bertz CT molecular complexity index is 6800. The van der Waals surface area contributed by atoms with Gasteiger partial charge in [-0.05, 0) is 275 Å². The summed E-state index contributed by atoms with van der Waals surface area (Å²) in [5.74, 6) is 0. The third kappa shape index (κ3) is 12.7. The first-order valence-corrected chi connectivity index (χ1v) is 43.5. The van der Waals surface area contributed by atoms with Crippen LogP contribution in [0, 0.1) is 0 Å². The first-order valence-electron chi connectivity index (χ1n) is 43.5. The Balaban J connectivity index is 0.950. The minimum absolute atomic E-state index is 0.0880. The van der Waals surface area contributed by atoms with E-state index < -0.39 is 0 Å². The number of hydrogen-bond acceptors (Lipinski definition) is 2. The molecular formula is C118H101BN2. The third-order valence-corrected chi connectivity index (χ3v) is 26.5. The molecule has 0 fully saturated rings. The SMILES string of the molecule is CC(C)(C)c1cc2c3c(c1)N(c1c(-c4ccccc4)cc(-c4ccccc4)cc1-c1ccccc1)c1cc(-c4cc5cc(C(C)(C)C)cc6ccc7cc(C(C)(C)C)cc4c7c65)ccc1B3c1ccc(-c3cc4cc(C(C)(C)C)cc5ccc6cc(C(C)(C)C)cc3c6c54)cc1N2c1c(-c2ccccc2)cc(-c2ccccc2)cc1-c1ccccc1. The van der Waals surface area contributed by atoms with Crippen molar-refractivity contribution in [1.82, 2.24) is 0 Å². The number of fused-ring (bicyclic) bond motifs is 4. The van der Waals surface area contributed by atoms with Crippen molar-refractivity contribution >= 4 is 122 Å². The van der Waals surface area contributed by atoms with Gasteiger partial charge in [0.2, 0.25) is 0 Å². The number of nitrogens with zero attached hydrogens (tertiary/aromatic N) is 2. The molecule has 0 amide bonds. The van der Waals surface area contributed by atoms with E-state index in [0.717, 1.165) is 101 Å². The zero-order valence-electron chi connectivity index (χ0n) is 72.3. The zero-order chi connectivity index (χ0) is 83.1. The lowest BCUT2D eigenvalue weighted by Gasteiger charge is -2.46. The summed E-state index contributed by atoms with van der Waals surface area (Å²) in [5, 5.41) is 15.5. The van der Waals surface area contributed by atoms with Crippen LogP contribution in [0.25, 0.3) is 154 Å². The van der Waals surface area contributed by atoms with E-state index in [-0.39, 0.29) is 33.8 Å². The molecule has 0 atom stereocenters. The molecule has 19 aromatic rings. The second kappa shape index (κ2) is 27.7. The summed E-state index contributed by atoms with van der Waals surface area (Å²) in [6, 6.07) is 132. The average molecular weight is 1560 g/mol. The Labute approximate surface area is 714 Å². The van der Waals surface area contributed by atoms with Crippen LogP contribution in [0.15, 0.2) is 340 Å². The first kappa shape index (κ1) is 75.4. The molecule has 2 nitrogen and oxygen atoms in total.